The summed E-state index contributed by atoms with van der Waals surface area (Å²) in [6, 6.07) is -0.774. The van der Waals surface area contributed by atoms with Crippen LogP contribution in [-0.2, 0) is 0 Å². The van der Waals surface area contributed by atoms with E-state index < -0.39 is 18.1 Å². The highest BCUT2D eigenvalue weighted by Gasteiger charge is 2.50. The number of aliphatic imine (C=N–C) groups is 1. The fourth-order valence-corrected chi connectivity index (χ4v) is 3.60. The SMILES string of the molecule is NCC1CCC(N2C(C(F)(F)F)=NC3C=CC=CC32)CC1. The van der Waals surface area contributed by atoms with Gasteiger partial charge >= 0.3 is 6.18 Å². The van der Waals surface area contributed by atoms with Crippen LogP contribution in [0.25, 0.3) is 0 Å². The van der Waals surface area contributed by atoms with Gasteiger partial charge in [0.25, 0.3) is 0 Å². The van der Waals surface area contributed by atoms with Crippen LogP contribution in [0.15, 0.2) is 29.3 Å². The topological polar surface area (TPSA) is 41.6 Å². The summed E-state index contributed by atoms with van der Waals surface area (Å²) in [7, 11) is 0. The molecule has 1 fully saturated rings. The molecule has 3 aliphatic rings. The molecular weight excluding hydrogens is 279 g/mol. The lowest BCUT2D eigenvalue weighted by Gasteiger charge is -2.40. The Balaban J connectivity index is 1.83. The zero-order valence-electron chi connectivity index (χ0n) is 11.8. The van der Waals surface area contributed by atoms with Crippen molar-refractivity contribution in [1.29, 1.82) is 0 Å². The van der Waals surface area contributed by atoms with E-state index >= 15 is 0 Å². The van der Waals surface area contributed by atoms with Crippen molar-refractivity contribution in [3.8, 4) is 0 Å². The Morgan fingerprint density at radius 2 is 1.81 bits per heavy atom. The first-order valence-corrected chi connectivity index (χ1v) is 7.49. The molecule has 0 amide bonds. The number of nitrogens with zero attached hydrogens (tertiary/aromatic N) is 2. The summed E-state index contributed by atoms with van der Waals surface area (Å²) in [5, 5.41) is 0. The Bertz CT molecular complexity index is 473. The summed E-state index contributed by atoms with van der Waals surface area (Å²) >= 11 is 0. The van der Waals surface area contributed by atoms with Crippen molar-refractivity contribution < 1.29 is 13.2 Å². The first kappa shape index (κ1) is 14.6. The fourth-order valence-electron chi connectivity index (χ4n) is 3.60. The zero-order valence-corrected chi connectivity index (χ0v) is 11.8. The van der Waals surface area contributed by atoms with Crippen molar-refractivity contribution in [3.05, 3.63) is 24.3 Å². The van der Waals surface area contributed by atoms with Gasteiger partial charge in [-0.3, -0.25) is 4.99 Å². The van der Waals surface area contributed by atoms with Gasteiger partial charge < -0.3 is 10.6 Å². The Labute approximate surface area is 122 Å². The van der Waals surface area contributed by atoms with Crippen molar-refractivity contribution in [2.45, 2.75) is 50.0 Å². The Morgan fingerprint density at radius 1 is 1.14 bits per heavy atom. The number of hydrogen-bond acceptors (Lipinski definition) is 3. The molecule has 2 atom stereocenters. The van der Waals surface area contributed by atoms with E-state index in [0.29, 0.717) is 12.5 Å². The highest BCUT2D eigenvalue weighted by molar-refractivity contribution is 5.90. The molecule has 116 valence electrons. The second-order valence-electron chi connectivity index (χ2n) is 6.02. The second-order valence-corrected chi connectivity index (χ2v) is 6.02. The molecule has 3 rings (SSSR count). The number of rotatable bonds is 2. The van der Waals surface area contributed by atoms with E-state index in [1.807, 2.05) is 12.2 Å². The number of fused-ring (bicyclic) bond motifs is 1. The highest BCUT2D eigenvalue weighted by Crippen LogP contribution is 2.37. The number of halogens is 3. The van der Waals surface area contributed by atoms with Crippen LogP contribution in [0.4, 0.5) is 13.2 Å². The van der Waals surface area contributed by atoms with E-state index in [-0.39, 0.29) is 12.1 Å². The monoisotopic (exact) mass is 299 g/mol. The summed E-state index contributed by atoms with van der Waals surface area (Å²) in [5.41, 5.74) is 5.67. The molecule has 0 radical (unpaired) electrons. The summed E-state index contributed by atoms with van der Waals surface area (Å²) in [5.74, 6) is -0.252. The van der Waals surface area contributed by atoms with Crippen LogP contribution in [0.3, 0.4) is 0 Å². The zero-order chi connectivity index (χ0) is 15.0. The van der Waals surface area contributed by atoms with Crippen molar-refractivity contribution in [1.82, 2.24) is 4.90 Å². The van der Waals surface area contributed by atoms with Crippen LogP contribution in [0, 0.1) is 5.92 Å². The van der Waals surface area contributed by atoms with Gasteiger partial charge in [-0.05, 0) is 38.1 Å². The maximum Gasteiger partial charge on any atom is 0.449 e. The van der Waals surface area contributed by atoms with Gasteiger partial charge in [0.15, 0.2) is 0 Å². The van der Waals surface area contributed by atoms with Crippen molar-refractivity contribution in [2.24, 2.45) is 16.6 Å². The number of amidine groups is 1. The molecule has 21 heavy (non-hydrogen) atoms. The van der Waals surface area contributed by atoms with Gasteiger partial charge in [0.05, 0.1) is 12.1 Å². The normalized spacial score (nSPS) is 35.8. The number of allylic oxidation sites excluding steroid dienone is 2. The molecule has 3 nitrogen and oxygen atoms in total. The predicted octanol–water partition coefficient (Wildman–Crippen LogP) is 2.64. The summed E-state index contributed by atoms with van der Waals surface area (Å²) in [4.78, 5) is 5.44. The number of nitrogens with two attached hydrogens (primary N) is 1. The minimum absolute atomic E-state index is 0.0840. The van der Waals surface area contributed by atoms with Gasteiger partial charge in [-0.25, -0.2) is 0 Å². The van der Waals surface area contributed by atoms with E-state index in [2.05, 4.69) is 4.99 Å². The minimum Gasteiger partial charge on any atom is -0.341 e. The smallest absolute Gasteiger partial charge is 0.341 e. The first-order valence-electron chi connectivity index (χ1n) is 7.49. The van der Waals surface area contributed by atoms with Gasteiger partial charge in [-0.2, -0.15) is 13.2 Å². The lowest BCUT2D eigenvalue weighted by molar-refractivity contribution is -0.0709. The third-order valence-electron chi connectivity index (χ3n) is 4.71. The van der Waals surface area contributed by atoms with Crippen LogP contribution in [0.1, 0.15) is 25.7 Å². The molecule has 1 aliphatic heterocycles. The van der Waals surface area contributed by atoms with Gasteiger partial charge in [-0.1, -0.05) is 24.3 Å². The predicted molar refractivity (Wildman–Crippen MR) is 76.0 cm³/mol. The molecule has 2 N–H and O–H groups in total. The number of alkyl halides is 3. The van der Waals surface area contributed by atoms with E-state index in [4.69, 9.17) is 5.73 Å². The molecule has 2 unspecified atom stereocenters. The largest absolute Gasteiger partial charge is 0.449 e. The Hall–Kier alpha value is -1.30. The molecule has 6 heteroatoms. The van der Waals surface area contributed by atoms with Crippen LogP contribution < -0.4 is 5.73 Å². The molecule has 0 aromatic carbocycles. The van der Waals surface area contributed by atoms with Crippen molar-refractivity contribution >= 4 is 5.84 Å². The molecule has 0 aromatic rings. The van der Waals surface area contributed by atoms with Crippen LogP contribution in [0.2, 0.25) is 0 Å². The summed E-state index contributed by atoms with van der Waals surface area (Å²) in [6.07, 6.45) is 6.12. The lowest BCUT2D eigenvalue weighted by Crippen LogP contribution is -2.51. The number of hydrogen-bond donors (Lipinski definition) is 1. The Morgan fingerprint density at radius 3 is 2.43 bits per heavy atom. The van der Waals surface area contributed by atoms with E-state index in [1.54, 1.807) is 12.2 Å². The van der Waals surface area contributed by atoms with Crippen LogP contribution in [-0.4, -0.2) is 41.6 Å². The molecule has 2 aliphatic carbocycles. The standard InChI is InChI=1S/C15H20F3N3/c16-15(17,18)14-20-12-3-1-2-4-13(12)21(14)11-7-5-10(9-19)6-8-11/h1-4,10-13H,5-9,19H2. The van der Waals surface area contributed by atoms with Crippen LogP contribution >= 0.6 is 0 Å². The van der Waals surface area contributed by atoms with Gasteiger partial charge in [0.2, 0.25) is 5.84 Å². The molecule has 0 spiro atoms. The van der Waals surface area contributed by atoms with E-state index in [1.165, 1.54) is 4.90 Å². The second kappa shape index (κ2) is 5.48. The van der Waals surface area contributed by atoms with Crippen molar-refractivity contribution in [3.63, 3.8) is 0 Å². The van der Waals surface area contributed by atoms with Gasteiger partial charge in [0, 0.05) is 6.04 Å². The molecule has 0 saturated heterocycles. The quantitative estimate of drug-likeness (QED) is 0.851. The summed E-state index contributed by atoms with van der Waals surface area (Å²) < 4.78 is 39.9. The average Bonchev–Trinajstić information content (AvgIpc) is 2.87. The fraction of sp³-hybridized carbons (Fsp3) is 0.667. The third-order valence-corrected chi connectivity index (χ3v) is 4.71. The summed E-state index contributed by atoms with van der Waals surface area (Å²) in [6.45, 7) is 0.627. The average molecular weight is 299 g/mol. The lowest BCUT2D eigenvalue weighted by atomic mass is 9.84. The molecule has 0 aromatic heterocycles. The van der Waals surface area contributed by atoms with Gasteiger partial charge in [0.1, 0.15) is 0 Å². The molecule has 1 heterocycles. The van der Waals surface area contributed by atoms with E-state index in [0.717, 1.165) is 25.7 Å². The third kappa shape index (κ3) is 2.73. The van der Waals surface area contributed by atoms with Crippen LogP contribution in [0.5, 0.6) is 0 Å². The highest BCUT2D eigenvalue weighted by atomic mass is 19.4. The first-order chi connectivity index (χ1) is 10.0. The maximum atomic E-state index is 13.3. The molecule has 0 bridgehead atoms. The maximum absolute atomic E-state index is 13.3. The van der Waals surface area contributed by atoms with Crippen molar-refractivity contribution in [2.75, 3.05) is 6.54 Å². The van der Waals surface area contributed by atoms with Gasteiger partial charge in [-0.15, -0.1) is 0 Å². The molecular formula is C15H20F3N3. The molecule has 1 saturated carbocycles. The minimum atomic E-state index is -4.39. The van der Waals surface area contributed by atoms with E-state index in [9.17, 15) is 13.2 Å². The Kier molecular flexibility index (Phi) is 3.82.